The van der Waals surface area contributed by atoms with Gasteiger partial charge < -0.3 is 10.6 Å². The summed E-state index contributed by atoms with van der Waals surface area (Å²) in [6.07, 6.45) is 0. The van der Waals surface area contributed by atoms with Crippen LogP contribution in [0.1, 0.15) is 6.92 Å². The number of benzene rings is 1. The van der Waals surface area contributed by atoms with E-state index in [-0.39, 0.29) is 17.6 Å². The van der Waals surface area contributed by atoms with Gasteiger partial charge in [-0.05, 0) is 34.1 Å². The van der Waals surface area contributed by atoms with Gasteiger partial charge in [-0.1, -0.05) is 11.6 Å². The van der Waals surface area contributed by atoms with Crippen LogP contribution >= 0.6 is 40.2 Å². The second-order valence-corrected chi connectivity index (χ2v) is 5.18. The molecule has 0 bridgehead atoms. The van der Waals surface area contributed by atoms with Gasteiger partial charge in [-0.25, -0.2) is 0 Å². The topological polar surface area (TPSA) is 58.2 Å². The van der Waals surface area contributed by atoms with Gasteiger partial charge in [0.15, 0.2) is 0 Å². The van der Waals surface area contributed by atoms with Crippen molar-refractivity contribution in [3.8, 4) is 0 Å². The van der Waals surface area contributed by atoms with E-state index in [1.165, 1.54) is 6.92 Å². The summed E-state index contributed by atoms with van der Waals surface area (Å²) < 4.78 is 0.745. The van der Waals surface area contributed by atoms with Gasteiger partial charge in [-0.3, -0.25) is 9.59 Å². The maximum Gasteiger partial charge on any atom is 0.247 e. The summed E-state index contributed by atoms with van der Waals surface area (Å²) >= 11 is 13.2. The second-order valence-electron chi connectivity index (χ2n) is 3.55. The maximum atomic E-state index is 11.8. The first-order chi connectivity index (χ1) is 8.43. The van der Waals surface area contributed by atoms with Crippen LogP contribution in [0.3, 0.4) is 0 Å². The van der Waals surface area contributed by atoms with Gasteiger partial charge in [-0.15, -0.1) is 0 Å². The summed E-state index contributed by atoms with van der Waals surface area (Å²) in [5.74, 6) is -0.396. The zero-order valence-corrected chi connectivity index (χ0v) is 12.8. The van der Waals surface area contributed by atoms with Crippen molar-refractivity contribution in [3.05, 3.63) is 27.7 Å². The number of thiol groups is 1. The molecule has 0 aromatic heterocycles. The number of rotatable bonds is 4. The number of nitrogens with one attached hydrogen (secondary N) is 2. The fraction of sp³-hybridized carbons (Fsp3) is 0.273. The molecule has 2 amide bonds. The molecule has 18 heavy (non-hydrogen) atoms. The van der Waals surface area contributed by atoms with Gasteiger partial charge in [0.2, 0.25) is 11.8 Å². The van der Waals surface area contributed by atoms with Crippen LogP contribution in [-0.2, 0) is 9.59 Å². The number of carbonyl (C=O) groups excluding carboxylic acids is 2. The van der Waals surface area contributed by atoms with Crippen LogP contribution in [0.25, 0.3) is 0 Å². The smallest absolute Gasteiger partial charge is 0.247 e. The Morgan fingerprint density at radius 1 is 1.50 bits per heavy atom. The SMILES string of the molecule is CC(=O)NC(CS)C(=O)Nc1ccc(Br)c(Cl)c1. The summed E-state index contributed by atoms with van der Waals surface area (Å²) in [6.45, 7) is 1.35. The summed E-state index contributed by atoms with van der Waals surface area (Å²) in [7, 11) is 0. The number of halogens is 2. The van der Waals surface area contributed by atoms with Crippen molar-refractivity contribution in [3.63, 3.8) is 0 Å². The lowest BCUT2D eigenvalue weighted by Crippen LogP contribution is -2.44. The van der Waals surface area contributed by atoms with Crippen LogP contribution in [0.5, 0.6) is 0 Å². The Morgan fingerprint density at radius 3 is 2.67 bits per heavy atom. The third-order valence-electron chi connectivity index (χ3n) is 2.06. The molecule has 0 aliphatic carbocycles. The van der Waals surface area contributed by atoms with Gasteiger partial charge in [0.05, 0.1) is 5.02 Å². The van der Waals surface area contributed by atoms with Crippen LogP contribution in [0.4, 0.5) is 5.69 Å². The Hall–Kier alpha value is -0.720. The molecule has 1 atom stereocenters. The van der Waals surface area contributed by atoms with Crippen molar-refractivity contribution >= 4 is 57.7 Å². The molecule has 0 spiro atoms. The molecule has 98 valence electrons. The first-order valence-corrected chi connectivity index (χ1v) is 6.88. The van der Waals surface area contributed by atoms with Crippen molar-refractivity contribution in [2.24, 2.45) is 0 Å². The van der Waals surface area contributed by atoms with Crippen molar-refractivity contribution in [1.29, 1.82) is 0 Å². The Morgan fingerprint density at radius 2 is 2.17 bits per heavy atom. The van der Waals surface area contributed by atoms with E-state index in [0.29, 0.717) is 10.7 Å². The van der Waals surface area contributed by atoms with Gasteiger partial charge in [0, 0.05) is 22.8 Å². The molecule has 7 heteroatoms. The zero-order chi connectivity index (χ0) is 13.7. The molecule has 1 unspecified atom stereocenters. The molecule has 0 heterocycles. The third kappa shape index (κ3) is 4.51. The van der Waals surface area contributed by atoms with E-state index in [1.807, 2.05) is 0 Å². The van der Waals surface area contributed by atoms with Gasteiger partial charge in [0.1, 0.15) is 6.04 Å². The number of anilines is 1. The maximum absolute atomic E-state index is 11.8. The largest absolute Gasteiger partial charge is 0.344 e. The summed E-state index contributed by atoms with van der Waals surface area (Å²) in [6, 6.07) is 4.38. The molecule has 0 radical (unpaired) electrons. The quantitative estimate of drug-likeness (QED) is 0.730. The van der Waals surface area contributed by atoms with E-state index in [2.05, 4.69) is 39.2 Å². The lowest BCUT2D eigenvalue weighted by molar-refractivity contribution is -0.124. The van der Waals surface area contributed by atoms with Crippen molar-refractivity contribution in [1.82, 2.24) is 5.32 Å². The number of hydrogen-bond acceptors (Lipinski definition) is 3. The Kier molecular flexibility index (Phi) is 5.98. The van der Waals surface area contributed by atoms with Crippen molar-refractivity contribution in [2.75, 3.05) is 11.1 Å². The highest BCUT2D eigenvalue weighted by atomic mass is 79.9. The first kappa shape index (κ1) is 15.3. The predicted octanol–water partition coefficient (Wildman–Crippen LogP) is 2.48. The van der Waals surface area contributed by atoms with Crippen LogP contribution < -0.4 is 10.6 Å². The van der Waals surface area contributed by atoms with Crippen molar-refractivity contribution in [2.45, 2.75) is 13.0 Å². The van der Waals surface area contributed by atoms with Crippen LogP contribution in [0.15, 0.2) is 22.7 Å². The molecule has 1 rings (SSSR count). The molecule has 4 nitrogen and oxygen atoms in total. The summed E-state index contributed by atoms with van der Waals surface area (Å²) in [5, 5.41) is 5.66. The minimum Gasteiger partial charge on any atom is -0.344 e. The van der Waals surface area contributed by atoms with Crippen LogP contribution in [-0.4, -0.2) is 23.6 Å². The monoisotopic (exact) mass is 350 g/mol. The standard InChI is InChI=1S/C11H12BrClN2O2S/c1-6(16)14-10(5-18)11(17)15-7-2-3-8(12)9(13)4-7/h2-4,10,18H,5H2,1H3,(H,14,16)(H,15,17). The van der Waals surface area contributed by atoms with E-state index in [0.717, 1.165) is 4.47 Å². The molecule has 1 aromatic rings. The fourth-order valence-electron chi connectivity index (χ4n) is 1.24. The van der Waals surface area contributed by atoms with Gasteiger partial charge >= 0.3 is 0 Å². The minimum absolute atomic E-state index is 0.218. The molecule has 0 fully saturated rings. The first-order valence-electron chi connectivity index (χ1n) is 5.08. The average Bonchev–Trinajstić information content (AvgIpc) is 2.30. The highest BCUT2D eigenvalue weighted by molar-refractivity contribution is 9.10. The predicted molar refractivity (Wildman–Crippen MR) is 79.2 cm³/mol. The lowest BCUT2D eigenvalue weighted by atomic mass is 10.2. The normalized spacial score (nSPS) is 11.8. The van der Waals surface area contributed by atoms with Gasteiger partial charge in [0.25, 0.3) is 0 Å². The van der Waals surface area contributed by atoms with Gasteiger partial charge in [-0.2, -0.15) is 12.6 Å². The number of amides is 2. The lowest BCUT2D eigenvalue weighted by Gasteiger charge is -2.15. The molecule has 0 aliphatic heterocycles. The molecular weight excluding hydrogens is 340 g/mol. The Balaban J connectivity index is 2.73. The number of carbonyl (C=O) groups is 2. The van der Waals surface area contributed by atoms with E-state index >= 15 is 0 Å². The highest BCUT2D eigenvalue weighted by Crippen LogP contribution is 2.25. The summed E-state index contributed by atoms with van der Waals surface area (Å²) in [5.41, 5.74) is 0.560. The van der Waals surface area contributed by atoms with E-state index in [4.69, 9.17) is 11.6 Å². The fourth-order valence-corrected chi connectivity index (χ4v) is 1.93. The minimum atomic E-state index is -0.673. The molecule has 0 saturated carbocycles. The van der Waals surface area contributed by atoms with E-state index in [9.17, 15) is 9.59 Å². The third-order valence-corrected chi connectivity index (χ3v) is 3.66. The Labute approximate surface area is 124 Å². The van der Waals surface area contributed by atoms with Crippen LogP contribution in [0, 0.1) is 0 Å². The van der Waals surface area contributed by atoms with E-state index < -0.39 is 6.04 Å². The molecule has 2 N–H and O–H groups in total. The molecule has 0 aliphatic rings. The summed E-state index contributed by atoms with van der Waals surface area (Å²) in [4.78, 5) is 22.8. The van der Waals surface area contributed by atoms with E-state index in [1.54, 1.807) is 18.2 Å². The highest BCUT2D eigenvalue weighted by Gasteiger charge is 2.17. The van der Waals surface area contributed by atoms with Crippen molar-refractivity contribution < 1.29 is 9.59 Å². The molecule has 1 aromatic carbocycles. The molecular formula is C11H12BrClN2O2S. The second kappa shape index (κ2) is 7.01. The molecule has 0 saturated heterocycles. The van der Waals surface area contributed by atoms with Crippen LogP contribution in [0.2, 0.25) is 5.02 Å². The zero-order valence-electron chi connectivity index (χ0n) is 9.54. The number of hydrogen-bond donors (Lipinski definition) is 3. The Bertz CT molecular complexity index is 470. The average molecular weight is 352 g/mol.